The molecule has 2 N–H and O–H groups in total. The second-order valence-electron chi connectivity index (χ2n) is 2.83. The highest BCUT2D eigenvalue weighted by molar-refractivity contribution is 6.33. The molecule has 0 atom stereocenters. The van der Waals surface area contributed by atoms with E-state index in [-0.39, 0.29) is 16.6 Å². The molecule has 0 aliphatic heterocycles. The van der Waals surface area contributed by atoms with Crippen LogP contribution in [-0.2, 0) is 6.18 Å². The Bertz CT molecular complexity index is 519. The maximum Gasteiger partial charge on any atom is 0.417 e. The SMILES string of the molecule is Nc1nnc2c(Cl)cc(C(F)(F)F)cn12. The standard InChI is InChI=1S/C7H4ClF3N4/c8-4-1-3(7(9,10)11)2-15-5(4)13-14-6(15)12/h1-2H,(H2,12,14). The summed E-state index contributed by atoms with van der Waals surface area (Å²) in [5.74, 6) is -0.141. The van der Waals surface area contributed by atoms with Gasteiger partial charge in [-0.3, -0.25) is 4.40 Å². The van der Waals surface area contributed by atoms with Gasteiger partial charge < -0.3 is 5.73 Å². The van der Waals surface area contributed by atoms with Crippen LogP contribution in [0.5, 0.6) is 0 Å². The van der Waals surface area contributed by atoms with Gasteiger partial charge in [0.05, 0.1) is 10.6 Å². The first-order valence-corrected chi connectivity index (χ1v) is 4.14. The molecule has 0 saturated carbocycles. The van der Waals surface area contributed by atoms with Crippen molar-refractivity contribution in [2.75, 3.05) is 5.73 Å². The fourth-order valence-electron chi connectivity index (χ4n) is 1.13. The number of anilines is 1. The fourth-order valence-corrected chi connectivity index (χ4v) is 1.37. The number of hydrogen-bond donors (Lipinski definition) is 1. The summed E-state index contributed by atoms with van der Waals surface area (Å²) in [6.45, 7) is 0. The van der Waals surface area contributed by atoms with Crippen molar-refractivity contribution in [2.24, 2.45) is 0 Å². The molecule has 0 aliphatic rings. The zero-order chi connectivity index (χ0) is 11.2. The van der Waals surface area contributed by atoms with Crippen molar-refractivity contribution in [3.8, 4) is 0 Å². The van der Waals surface area contributed by atoms with Crippen molar-refractivity contribution < 1.29 is 13.2 Å². The molecule has 0 radical (unpaired) electrons. The number of nitrogens with zero attached hydrogens (tertiary/aromatic N) is 3. The van der Waals surface area contributed by atoms with E-state index in [2.05, 4.69) is 10.2 Å². The molecule has 0 unspecified atom stereocenters. The van der Waals surface area contributed by atoms with Crippen LogP contribution in [0.25, 0.3) is 5.65 Å². The molecule has 0 saturated heterocycles. The van der Waals surface area contributed by atoms with Gasteiger partial charge in [-0.25, -0.2) is 0 Å². The second kappa shape index (κ2) is 2.99. The number of halogens is 4. The lowest BCUT2D eigenvalue weighted by molar-refractivity contribution is -0.137. The summed E-state index contributed by atoms with van der Waals surface area (Å²) in [6.07, 6.45) is -3.68. The van der Waals surface area contributed by atoms with E-state index in [1.54, 1.807) is 0 Å². The molecular weight excluding hydrogens is 233 g/mol. The first-order valence-electron chi connectivity index (χ1n) is 3.76. The van der Waals surface area contributed by atoms with Gasteiger partial charge in [0.25, 0.3) is 0 Å². The number of aromatic nitrogens is 3. The highest BCUT2D eigenvalue weighted by atomic mass is 35.5. The molecular formula is C7H4ClF3N4. The first kappa shape index (κ1) is 10.0. The highest BCUT2D eigenvalue weighted by Crippen LogP contribution is 2.32. The fraction of sp³-hybridized carbons (Fsp3) is 0.143. The Morgan fingerprint density at radius 1 is 1.33 bits per heavy atom. The van der Waals surface area contributed by atoms with Crippen molar-refractivity contribution in [1.29, 1.82) is 0 Å². The molecule has 0 aliphatic carbocycles. The predicted molar refractivity (Wildman–Crippen MR) is 47.4 cm³/mol. The van der Waals surface area contributed by atoms with Crippen molar-refractivity contribution >= 4 is 23.2 Å². The Morgan fingerprint density at radius 2 is 2.00 bits per heavy atom. The van der Waals surface area contributed by atoms with Gasteiger partial charge in [0.2, 0.25) is 5.95 Å². The summed E-state index contributed by atoms with van der Waals surface area (Å²) in [4.78, 5) is 0. The van der Waals surface area contributed by atoms with Gasteiger partial charge in [-0.15, -0.1) is 10.2 Å². The summed E-state index contributed by atoms with van der Waals surface area (Å²) >= 11 is 5.60. The number of pyridine rings is 1. The number of nitrogens with two attached hydrogens (primary N) is 1. The number of hydrogen-bond acceptors (Lipinski definition) is 3. The summed E-state index contributed by atoms with van der Waals surface area (Å²) in [6, 6.07) is 0.783. The first-order chi connectivity index (χ1) is 6.89. The normalized spacial score (nSPS) is 12.3. The monoisotopic (exact) mass is 236 g/mol. The van der Waals surface area contributed by atoms with Gasteiger partial charge in [-0.2, -0.15) is 13.2 Å². The summed E-state index contributed by atoms with van der Waals surface area (Å²) in [5, 5.41) is 6.80. The molecule has 0 amide bonds. The van der Waals surface area contributed by atoms with E-state index >= 15 is 0 Å². The minimum absolute atomic E-state index is 0.0992. The summed E-state index contributed by atoms with van der Waals surface area (Å²) in [7, 11) is 0. The zero-order valence-corrected chi connectivity index (χ0v) is 7.84. The molecule has 2 aromatic rings. The molecule has 2 heterocycles. The molecule has 0 spiro atoms. The van der Waals surface area contributed by atoms with Gasteiger partial charge in [0.15, 0.2) is 5.65 Å². The predicted octanol–water partition coefficient (Wildman–Crippen LogP) is 1.98. The molecule has 0 bridgehead atoms. The van der Waals surface area contributed by atoms with Crippen LogP contribution < -0.4 is 5.73 Å². The van der Waals surface area contributed by atoms with E-state index in [4.69, 9.17) is 17.3 Å². The van der Waals surface area contributed by atoms with Gasteiger partial charge in [0, 0.05) is 6.20 Å². The second-order valence-corrected chi connectivity index (χ2v) is 3.23. The molecule has 2 aromatic heterocycles. The average molecular weight is 237 g/mol. The number of alkyl halides is 3. The van der Waals surface area contributed by atoms with Crippen LogP contribution in [0.1, 0.15) is 5.56 Å². The van der Waals surface area contributed by atoms with E-state index in [1.165, 1.54) is 0 Å². The van der Waals surface area contributed by atoms with Crippen LogP contribution in [0, 0.1) is 0 Å². The zero-order valence-electron chi connectivity index (χ0n) is 7.09. The van der Waals surface area contributed by atoms with Crippen molar-refractivity contribution in [1.82, 2.24) is 14.6 Å². The van der Waals surface area contributed by atoms with Crippen LogP contribution in [0.3, 0.4) is 0 Å². The van der Waals surface area contributed by atoms with Crippen molar-refractivity contribution in [3.05, 3.63) is 22.8 Å². The van der Waals surface area contributed by atoms with Gasteiger partial charge in [-0.05, 0) is 6.07 Å². The number of rotatable bonds is 0. The van der Waals surface area contributed by atoms with Crippen LogP contribution in [-0.4, -0.2) is 14.6 Å². The average Bonchev–Trinajstić information content (AvgIpc) is 2.47. The minimum atomic E-state index is -4.48. The van der Waals surface area contributed by atoms with Crippen LogP contribution in [0.4, 0.5) is 19.1 Å². The summed E-state index contributed by atoms with van der Waals surface area (Å²) in [5.41, 5.74) is 4.52. The molecule has 0 fully saturated rings. The summed E-state index contributed by atoms with van der Waals surface area (Å²) < 4.78 is 38.1. The largest absolute Gasteiger partial charge is 0.417 e. The van der Waals surface area contributed by atoms with E-state index in [1.807, 2.05) is 0 Å². The lowest BCUT2D eigenvalue weighted by Crippen LogP contribution is -2.07. The Hall–Kier alpha value is -1.50. The third kappa shape index (κ3) is 1.58. The van der Waals surface area contributed by atoms with Crippen LogP contribution in [0.2, 0.25) is 5.02 Å². The lowest BCUT2D eigenvalue weighted by Gasteiger charge is -2.07. The lowest BCUT2D eigenvalue weighted by atomic mass is 10.3. The molecule has 15 heavy (non-hydrogen) atoms. The molecule has 0 aromatic carbocycles. The maximum atomic E-state index is 12.4. The van der Waals surface area contributed by atoms with E-state index in [0.717, 1.165) is 16.7 Å². The third-order valence-corrected chi connectivity index (χ3v) is 2.09. The molecule has 4 nitrogen and oxygen atoms in total. The van der Waals surface area contributed by atoms with Crippen molar-refractivity contribution in [2.45, 2.75) is 6.18 Å². The highest BCUT2D eigenvalue weighted by Gasteiger charge is 2.32. The molecule has 80 valence electrons. The maximum absolute atomic E-state index is 12.4. The minimum Gasteiger partial charge on any atom is -0.368 e. The smallest absolute Gasteiger partial charge is 0.368 e. The van der Waals surface area contributed by atoms with Gasteiger partial charge >= 0.3 is 6.18 Å². The van der Waals surface area contributed by atoms with Crippen molar-refractivity contribution in [3.63, 3.8) is 0 Å². The Kier molecular flexibility index (Phi) is 2.00. The Balaban J connectivity index is 2.76. The quantitative estimate of drug-likeness (QED) is 0.761. The number of fused-ring (bicyclic) bond motifs is 1. The van der Waals surface area contributed by atoms with Gasteiger partial charge in [-0.1, -0.05) is 11.6 Å². The van der Waals surface area contributed by atoms with Crippen LogP contribution in [0.15, 0.2) is 12.3 Å². The third-order valence-electron chi connectivity index (χ3n) is 1.81. The molecule has 8 heteroatoms. The Morgan fingerprint density at radius 3 is 2.60 bits per heavy atom. The van der Waals surface area contributed by atoms with E-state index in [9.17, 15) is 13.2 Å². The topological polar surface area (TPSA) is 56.2 Å². The van der Waals surface area contributed by atoms with E-state index < -0.39 is 11.7 Å². The van der Waals surface area contributed by atoms with Gasteiger partial charge in [0.1, 0.15) is 0 Å². The molecule has 2 rings (SSSR count). The van der Waals surface area contributed by atoms with E-state index in [0.29, 0.717) is 0 Å². The van der Waals surface area contributed by atoms with Crippen LogP contribution >= 0.6 is 11.6 Å². The number of nitrogen functional groups attached to an aromatic ring is 1. The Labute approximate surface area is 86.5 Å².